The van der Waals surface area contributed by atoms with Crippen LogP contribution in [0.4, 0.5) is 0 Å². The van der Waals surface area contributed by atoms with Crippen molar-refractivity contribution in [1.29, 1.82) is 0 Å². The van der Waals surface area contributed by atoms with Gasteiger partial charge in [-0.25, -0.2) is 0 Å². The molecule has 0 aliphatic heterocycles. The van der Waals surface area contributed by atoms with Gasteiger partial charge in [0.1, 0.15) is 0 Å². The third-order valence-electron chi connectivity index (χ3n) is 9.74. The van der Waals surface area contributed by atoms with E-state index in [2.05, 4.69) is 0 Å². The molecule has 3 heterocycles. The molecule has 0 atom stereocenters. The lowest BCUT2D eigenvalue weighted by atomic mass is 10.0. The number of nitrogens with zero attached hydrogens (tertiary/aromatic N) is 3. The molecule has 11 aromatic rings. The summed E-state index contributed by atoms with van der Waals surface area (Å²) in [7, 11) is 0. The molecule has 0 bridgehead atoms. The van der Waals surface area contributed by atoms with Crippen molar-refractivity contribution < 1.29 is 16.4 Å². The van der Waals surface area contributed by atoms with Gasteiger partial charge in [-0.05, 0) is 77.8 Å². The molecule has 0 aliphatic rings. The number of aromatic nitrogens is 3. The van der Waals surface area contributed by atoms with Gasteiger partial charge in [-0.1, -0.05) is 121 Å². The summed E-state index contributed by atoms with van der Waals surface area (Å²) in [5, 5.41) is 3.59. The Morgan fingerprint density at radius 2 is 0.765 bits per heavy atom. The Kier molecular flexibility index (Phi) is 3.99. The highest BCUT2D eigenvalue weighted by atomic mass is 15.0. The number of rotatable bonds is 4. The molecule has 3 aromatic heterocycles. The minimum Gasteiger partial charge on any atom is -0.309 e. The first kappa shape index (κ1) is 18.8. The quantitative estimate of drug-likeness (QED) is 0.178. The molecule has 0 saturated heterocycles. The van der Waals surface area contributed by atoms with E-state index in [0.717, 1.165) is 32.6 Å². The molecule has 0 N–H and O–H groups in total. The number of fused-ring (bicyclic) bond motifs is 9. The van der Waals surface area contributed by atoms with E-state index in [1.165, 1.54) is 4.57 Å². The highest BCUT2D eigenvalue weighted by Crippen LogP contribution is 2.39. The Balaban J connectivity index is 1.34. The van der Waals surface area contributed by atoms with Crippen LogP contribution in [-0.4, -0.2) is 13.7 Å². The zero-order valence-electron chi connectivity index (χ0n) is 38.8. The van der Waals surface area contributed by atoms with E-state index in [1.807, 2.05) is 102 Å². The van der Waals surface area contributed by atoms with Crippen LogP contribution in [-0.2, 0) is 0 Å². The summed E-state index contributed by atoms with van der Waals surface area (Å²) in [6.07, 6.45) is 0. The average Bonchev–Trinajstić information content (AvgIpc) is 3.95. The van der Waals surface area contributed by atoms with Crippen LogP contribution < -0.4 is 0 Å². The van der Waals surface area contributed by atoms with Gasteiger partial charge in [0, 0.05) is 49.4 Å². The summed E-state index contributed by atoms with van der Waals surface area (Å²) in [5.74, 6) is 0. The van der Waals surface area contributed by atoms with E-state index in [-0.39, 0.29) is 62.4 Å². The Morgan fingerprint density at radius 1 is 0.314 bits per heavy atom. The van der Waals surface area contributed by atoms with E-state index in [4.69, 9.17) is 9.60 Å². The predicted octanol–water partition coefficient (Wildman–Crippen LogP) is 12.6. The van der Waals surface area contributed by atoms with Gasteiger partial charge in [0.25, 0.3) is 0 Å². The predicted molar refractivity (Wildman–Crippen MR) is 215 cm³/mol. The Bertz CT molecular complexity index is 3710. The fourth-order valence-corrected chi connectivity index (χ4v) is 7.63. The van der Waals surface area contributed by atoms with Crippen molar-refractivity contribution in [2.75, 3.05) is 0 Å². The van der Waals surface area contributed by atoms with Gasteiger partial charge < -0.3 is 13.7 Å². The van der Waals surface area contributed by atoms with Gasteiger partial charge in [-0.2, -0.15) is 0 Å². The summed E-state index contributed by atoms with van der Waals surface area (Å²) < 4.78 is 115. The topological polar surface area (TPSA) is 14.8 Å². The summed E-state index contributed by atoms with van der Waals surface area (Å²) in [6, 6.07) is 30.3. The van der Waals surface area contributed by atoms with Crippen LogP contribution >= 0.6 is 0 Å². The number of para-hydroxylation sites is 5. The van der Waals surface area contributed by atoms with Crippen molar-refractivity contribution in [2.45, 2.75) is 0 Å². The van der Waals surface area contributed by atoms with Gasteiger partial charge in [0.15, 0.2) is 0 Å². The SMILES string of the molecule is [2H]c1c([2H])c([2H])c(-c2cc(-n3c4ccccc4c4ccccc43)cc(-n3c4c([2H])c([2H])c([2H])c([2H])c4c4c([2H])c(-n5c6ccccc6c6ccccc65)c([2H])c([2H])c43)c2)c([2H])c1[2H]. The lowest BCUT2D eigenvalue weighted by Crippen LogP contribution is -2.00. The van der Waals surface area contributed by atoms with Crippen LogP contribution in [0.3, 0.4) is 0 Å². The molecule has 0 unspecified atom stereocenters. The average molecular weight is 662 g/mol. The van der Waals surface area contributed by atoms with E-state index in [1.54, 1.807) is 22.8 Å². The van der Waals surface area contributed by atoms with Gasteiger partial charge >= 0.3 is 0 Å². The molecule has 51 heavy (non-hydrogen) atoms. The van der Waals surface area contributed by atoms with Gasteiger partial charge in [-0.3, -0.25) is 0 Å². The number of benzene rings is 8. The smallest absolute Gasteiger partial charge is 0.0652 e. The number of hydrogen-bond acceptors (Lipinski definition) is 0. The molecule has 0 amide bonds. The van der Waals surface area contributed by atoms with Crippen LogP contribution in [0, 0.1) is 0 Å². The third kappa shape index (κ3) is 4.12. The zero-order valence-corrected chi connectivity index (χ0v) is 26.8. The Hall–Kier alpha value is -6.84. The second-order valence-electron chi connectivity index (χ2n) is 12.5. The van der Waals surface area contributed by atoms with Crippen molar-refractivity contribution in [2.24, 2.45) is 0 Å². The largest absolute Gasteiger partial charge is 0.309 e. The molecule has 11 rings (SSSR count). The maximum absolute atomic E-state index is 9.99. The van der Waals surface area contributed by atoms with Crippen molar-refractivity contribution in [1.82, 2.24) is 13.7 Å². The standard InChI is InChI=1S/C48H31N3/c1-2-14-32(15-3-1)33-28-35(50-45-23-11-6-18-39(45)40-19-7-12-24-46(40)50)30-36(29-33)51-47-25-13-8-20-41(47)42-31-34(26-27-48(42)51)49-43-21-9-4-16-37(43)38-17-5-10-22-44(38)49/h1-31H/i1D,2D,3D,8D,13D,14D,15D,20D,25D,26D,27D,31D. The molecule has 238 valence electrons. The molecule has 0 aliphatic carbocycles. The van der Waals surface area contributed by atoms with Crippen LogP contribution in [0.5, 0.6) is 0 Å². The van der Waals surface area contributed by atoms with Crippen LogP contribution in [0.25, 0.3) is 93.6 Å². The van der Waals surface area contributed by atoms with E-state index in [9.17, 15) is 6.85 Å². The van der Waals surface area contributed by atoms with E-state index in [0.29, 0.717) is 16.7 Å². The molecule has 8 aromatic carbocycles. The third-order valence-corrected chi connectivity index (χ3v) is 9.74. The number of hydrogen-bond donors (Lipinski definition) is 0. The highest BCUT2D eigenvalue weighted by Gasteiger charge is 2.19. The second-order valence-corrected chi connectivity index (χ2v) is 12.5. The minimum absolute atomic E-state index is 0.0249. The molecule has 0 spiro atoms. The van der Waals surface area contributed by atoms with Crippen molar-refractivity contribution in [3.63, 3.8) is 0 Å². The first-order valence-electron chi connectivity index (χ1n) is 22.6. The van der Waals surface area contributed by atoms with Crippen molar-refractivity contribution in [3.05, 3.63) is 188 Å². The second kappa shape index (κ2) is 10.8. The molecular weight excluding hydrogens is 619 g/mol. The molecule has 0 saturated carbocycles. The zero-order chi connectivity index (χ0) is 43.9. The molecule has 3 nitrogen and oxygen atoms in total. The summed E-state index contributed by atoms with van der Waals surface area (Å²) in [4.78, 5) is 0. The highest BCUT2D eigenvalue weighted by molar-refractivity contribution is 6.13. The fraction of sp³-hybridized carbons (Fsp3) is 0. The first-order valence-corrected chi connectivity index (χ1v) is 16.6. The van der Waals surface area contributed by atoms with Crippen molar-refractivity contribution in [3.8, 4) is 28.2 Å². The van der Waals surface area contributed by atoms with Crippen LogP contribution in [0.2, 0.25) is 0 Å². The molecule has 0 fully saturated rings. The maximum Gasteiger partial charge on any atom is 0.0652 e. The summed E-state index contributed by atoms with van der Waals surface area (Å²) >= 11 is 0. The summed E-state index contributed by atoms with van der Waals surface area (Å²) in [6.45, 7) is 0. The monoisotopic (exact) mass is 661 g/mol. The fourth-order valence-electron chi connectivity index (χ4n) is 7.63. The minimum atomic E-state index is -0.560. The molecule has 0 radical (unpaired) electrons. The van der Waals surface area contributed by atoms with Gasteiger partial charge in [0.05, 0.1) is 49.5 Å². The normalized spacial score (nSPS) is 15.2. The Morgan fingerprint density at radius 3 is 1.33 bits per heavy atom. The van der Waals surface area contributed by atoms with Crippen LogP contribution in [0.1, 0.15) is 16.4 Å². The maximum atomic E-state index is 9.99. The Labute approximate surface area is 311 Å². The van der Waals surface area contributed by atoms with Crippen LogP contribution in [0.15, 0.2) is 188 Å². The molecular formula is C48H31N3. The van der Waals surface area contributed by atoms with Gasteiger partial charge in [0.2, 0.25) is 0 Å². The van der Waals surface area contributed by atoms with Gasteiger partial charge in [-0.15, -0.1) is 0 Å². The lowest BCUT2D eigenvalue weighted by molar-refractivity contribution is 1.13. The van der Waals surface area contributed by atoms with E-state index >= 15 is 0 Å². The lowest BCUT2D eigenvalue weighted by Gasteiger charge is -2.16. The van der Waals surface area contributed by atoms with E-state index < -0.39 is 54.4 Å². The van der Waals surface area contributed by atoms with Crippen molar-refractivity contribution >= 4 is 65.4 Å². The first-order chi connectivity index (χ1) is 30.3. The summed E-state index contributed by atoms with van der Waals surface area (Å²) in [5.41, 5.74) is 3.74. The molecule has 3 heteroatoms.